The highest BCUT2D eigenvalue weighted by Crippen LogP contribution is 2.24. The molecule has 0 spiro atoms. The van der Waals surface area contributed by atoms with Crippen LogP contribution in [0.5, 0.6) is 0 Å². The average Bonchev–Trinajstić information content (AvgIpc) is 2.08. The van der Waals surface area contributed by atoms with Gasteiger partial charge in [0.15, 0.2) is 9.84 Å². The van der Waals surface area contributed by atoms with Crippen molar-refractivity contribution < 1.29 is 8.42 Å². The van der Waals surface area contributed by atoms with Gasteiger partial charge in [-0.1, -0.05) is 0 Å². The van der Waals surface area contributed by atoms with Gasteiger partial charge in [0.1, 0.15) is 0 Å². The summed E-state index contributed by atoms with van der Waals surface area (Å²) in [6.45, 7) is 2.62. The quantitative estimate of drug-likeness (QED) is 0.647. The van der Waals surface area contributed by atoms with Gasteiger partial charge in [0.05, 0.1) is 11.0 Å². The SMILES string of the molecule is CNCC1CC(C)S(=O)(=O)C1. The van der Waals surface area contributed by atoms with E-state index in [9.17, 15) is 8.42 Å². The maximum Gasteiger partial charge on any atom is 0.153 e. The molecule has 1 saturated heterocycles. The van der Waals surface area contributed by atoms with E-state index in [2.05, 4.69) is 5.32 Å². The molecule has 0 aromatic rings. The van der Waals surface area contributed by atoms with Crippen molar-refractivity contribution in [1.82, 2.24) is 5.32 Å². The van der Waals surface area contributed by atoms with Crippen LogP contribution in [-0.2, 0) is 9.84 Å². The number of hydrogen-bond acceptors (Lipinski definition) is 3. The van der Waals surface area contributed by atoms with Crippen LogP contribution in [0.25, 0.3) is 0 Å². The smallest absolute Gasteiger partial charge is 0.153 e. The molecule has 3 nitrogen and oxygen atoms in total. The number of rotatable bonds is 2. The van der Waals surface area contributed by atoms with Gasteiger partial charge in [0, 0.05) is 0 Å². The molecule has 4 heteroatoms. The molecule has 0 radical (unpaired) electrons. The van der Waals surface area contributed by atoms with E-state index in [1.807, 2.05) is 7.05 Å². The molecule has 0 aliphatic carbocycles. The number of hydrogen-bond donors (Lipinski definition) is 1. The Labute approximate surface area is 68.1 Å². The number of nitrogens with one attached hydrogen (secondary N) is 1. The van der Waals surface area contributed by atoms with Gasteiger partial charge in [-0.05, 0) is 32.9 Å². The Morgan fingerprint density at radius 1 is 1.55 bits per heavy atom. The molecule has 1 N–H and O–H groups in total. The van der Waals surface area contributed by atoms with Crippen LogP contribution < -0.4 is 5.32 Å². The second-order valence-corrected chi connectivity index (χ2v) is 5.76. The van der Waals surface area contributed by atoms with E-state index in [0.29, 0.717) is 11.7 Å². The molecule has 1 aliphatic heterocycles. The van der Waals surface area contributed by atoms with Gasteiger partial charge in [-0.25, -0.2) is 8.42 Å². The molecule has 1 fully saturated rings. The normalized spacial score (nSPS) is 35.8. The molecule has 0 aromatic heterocycles. The molecular weight excluding hydrogens is 162 g/mol. The van der Waals surface area contributed by atoms with E-state index in [-0.39, 0.29) is 5.25 Å². The van der Waals surface area contributed by atoms with Gasteiger partial charge in [0.2, 0.25) is 0 Å². The fourth-order valence-electron chi connectivity index (χ4n) is 1.61. The third-order valence-corrected chi connectivity index (χ3v) is 4.59. The second-order valence-electron chi connectivity index (χ2n) is 3.30. The van der Waals surface area contributed by atoms with Gasteiger partial charge in [0.25, 0.3) is 0 Å². The first-order chi connectivity index (χ1) is 5.06. The predicted molar refractivity (Wildman–Crippen MR) is 45.3 cm³/mol. The first kappa shape index (κ1) is 9.00. The Kier molecular flexibility index (Phi) is 2.54. The van der Waals surface area contributed by atoms with Crippen molar-refractivity contribution in [2.24, 2.45) is 5.92 Å². The van der Waals surface area contributed by atoms with Crippen molar-refractivity contribution >= 4 is 9.84 Å². The first-order valence-corrected chi connectivity index (χ1v) is 5.64. The van der Waals surface area contributed by atoms with Crippen molar-refractivity contribution in [1.29, 1.82) is 0 Å². The van der Waals surface area contributed by atoms with Crippen LogP contribution in [0.4, 0.5) is 0 Å². The summed E-state index contributed by atoms with van der Waals surface area (Å²) in [5, 5.41) is 2.88. The highest BCUT2D eigenvalue weighted by atomic mass is 32.2. The van der Waals surface area contributed by atoms with E-state index in [0.717, 1.165) is 13.0 Å². The van der Waals surface area contributed by atoms with Crippen molar-refractivity contribution in [2.45, 2.75) is 18.6 Å². The lowest BCUT2D eigenvalue weighted by atomic mass is 10.1. The minimum Gasteiger partial charge on any atom is -0.319 e. The summed E-state index contributed by atoms with van der Waals surface area (Å²) in [4.78, 5) is 0. The summed E-state index contributed by atoms with van der Waals surface area (Å²) in [5.74, 6) is 0.703. The minimum absolute atomic E-state index is 0.124. The van der Waals surface area contributed by atoms with Gasteiger partial charge >= 0.3 is 0 Å². The van der Waals surface area contributed by atoms with Crippen LogP contribution in [0.15, 0.2) is 0 Å². The lowest BCUT2D eigenvalue weighted by molar-refractivity contribution is 0.534. The van der Waals surface area contributed by atoms with Crippen LogP contribution >= 0.6 is 0 Å². The summed E-state index contributed by atoms with van der Waals surface area (Å²) in [7, 11) is -0.880. The largest absolute Gasteiger partial charge is 0.319 e. The molecule has 2 unspecified atom stereocenters. The molecule has 1 aliphatic rings. The molecular formula is C7H15NO2S. The lowest BCUT2D eigenvalue weighted by Gasteiger charge is -2.04. The van der Waals surface area contributed by atoms with E-state index in [4.69, 9.17) is 0 Å². The molecule has 2 atom stereocenters. The maximum atomic E-state index is 11.2. The Morgan fingerprint density at radius 2 is 2.18 bits per heavy atom. The highest BCUT2D eigenvalue weighted by Gasteiger charge is 2.34. The fraction of sp³-hybridized carbons (Fsp3) is 1.00. The van der Waals surface area contributed by atoms with Crippen LogP contribution in [0.3, 0.4) is 0 Å². The van der Waals surface area contributed by atoms with Crippen molar-refractivity contribution in [3.63, 3.8) is 0 Å². The van der Waals surface area contributed by atoms with Crippen LogP contribution in [-0.4, -0.2) is 33.0 Å². The topological polar surface area (TPSA) is 46.2 Å². The Balaban J connectivity index is 2.58. The van der Waals surface area contributed by atoms with Crippen molar-refractivity contribution in [3.05, 3.63) is 0 Å². The van der Waals surface area contributed by atoms with Crippen LogP contribution in [0.1, 0.15) is 13.3 Å². The van der Waals surface area contributed by atoms with Crippen molar-refractivity contribution in [2.75, 3.05) is 19.3 Å². The third-order valence-electron chi connectivity index (χ3n) is 2.24. The summed E-state index contributed by atoms with van der Waals surface area (Å²) >= 11 is 0. The third kappa shape index (κ3) is 1.93. The molecule has 1 rings (SSSR count). The Morgan fingerprint density at radius 3 is 2.55 bits per heavy atom. The second kappa shape index (κ2) is 3.11. The fourth-order valence-corrected chi connectivity index (χ4v) is 3.41. The summed E-state index contributed by atoms with van der Waals surface area (Å²) in [6, 6.07) is 0. The zero-order valence-electron chi connectivity index (χ0n) is 7.00. The zero-order valence-corrected chi connectivity index (χ0v) is 7.82. The maximum absolute atomic E-state index is 11.2. The lowest BCUT2D eigenvalue weighted by Crippen LogP contribution is -2.19. The Bertz CT molecular complexity index is 223. The molecule has 11 heavy (non-hydrogen) atoms. The summed E-state index contributed by atoms with van der Waals surface area (Å²) < 4.78 is 22.4. The van der Waals surface area contributed by atoms with Crippen LogP contribution in [0.2, 0.25) is 0 Å². The Hall–Kier alpha value is -0.0900. The highest BCUT2D eigenvalue weighted by molar-refractivity contribution is 7.92. The summed E-state index contributed by atoms with van der Waals surface area (Å²) in [5.41, 5.74) is 0. The molecule has 0 aromatic carbocycles. The van der Waals surface area contributed by atoms with Crippen molar-refractivity contribution in [3.8, 4) is 0 Å². The molecule has 66 valence electrons. The predicted octanol–water partition coefficient (Wildman–Crippen LogP) is 0.0290. The van der Waals surface area contributed by atoms with Crippen LogP contribution in [0, 0.1) is 5.92 Å². The van der Waals surface area contributed by atoms with Gasteiger partial charge in [-0.3, -0.25) is 0 Å². The van der Waals surface area contributed by atoms with E-state index < -0.39 is 9.84 Å². The zero-order chi connectivity index (χ0) is 8.48. The molecule has 0 amide bonds. The van der Waals surface area contributed by atoms with Gasteiger partial charge in [-0.2, -0.15) is 0 Å². The number of sulfone groups is 1. The average molecular weight is 177 g/mol. The van der Waals surface area contributed by atoms with Gasteiger partial charge < -0.3 is 5.32 Å². The monoisotopic (exact) mass is 177 g/mol. The van der Waals surface area contributed by atoms with E-state index in [1.54, 1.807) is 6.92 Å². The summed E-state index contributed by atoms with van der Waals surface area (Å²) in [6.07, 6.45) is 0.823. The molecule has 0 bridgehead atoms. The molecule has 0 saturated carbocycles. The molecule has 1 heterocycles. The van der Waals surface area contributed by atoms with E-state index >= 15 is 0 Å². The van der Waals surface area contributed by atoms with Gasteiger partial charge in [-0.15, -0.1) is 0 Å². The first-order valence-electron chi connectivity index (χ1n) is 3.92. The van der Waals surface area contributed by atoms with E-state index in [1.165, 1.54) is 0 Å². The minimum atomic E-state index is -2.74. The standard InChI is InChI=1S/C7H15NO2S/c1-6-3-7(4-8-2)5-11(6,9)10/h6-8H,3-5H2,1-2H3.